The summed E-state index contributed by atoms with van der Waals surface area (Å²) in [4.78, 5) is 20.8. The van der Waals surface area contributed by atoms with Crippen LogP contribution >= 0.6 is 7.82 Å². The molecule has 1 unspecified atom stereocenters. The van der Waals surface area contributed by atoms with Gasteiger partial charge in [-0.15, -0.1) is 0 Å². The van der Waals surface area contributed by atoms with Crippen molar-refractivity contribution in [3.63, 3.8) is 0 Å². The Balaban J connectivity index is 1.66. The van der Waals surface area contributed by atoms with Crippen LogP contribution in [0.4, 0.5) is 5.69 Å². The van der Waals surface area contributed by atoms with Crippen LogP contribution in [0.15, 0.2) is 12.1 Å². The summed E-state index contributed by atoms with van der Waals surface area (Å²) in [7, 11) is -2.47. The maximum absolute atomic E-state index is 12.5. The zero-order chi connectivity index (χ0) is 30.6. The number of aliphatic hydroxyl groups is 7. The third-order valence-electron chi connectivity index (χ3n) is 6.35. The van der Waals surface area contributed by atoms with Crippen LogP contribution in [-0.4, -0.2) is 134 Å². The molecule has 8 N–H and O–H groups in total. The molecule has 234 valence electrons. The molecule has 2 fully saturated rings. The number of phosphoric acid groups is 1. The van der Waals surface area contributed by atoms with Crippen molar-refractivity contribution >= 4 is 13.5 Å². The Kier molecular flexibility index (Phi) is 11.4. The first-order valence-electron chi connectivity index (χ1n) is 11.9. The molecule has 0 aliphatic carbocycles. The van der Waals surface area contributed by atoms with Crippen molar-refractivity contribution in [2.24, 2.45) is 0 Å². The second kappa shape index (κ2) is 13.9. The van der Waals surface area contributed by atoms with Gasteiger partial charge in [-0.1, -0.05) is 0 Å². The molecule has 0 radical (unpaired) electrons. The Morgan fingerprint density at radius 3 is 1.88 bits per heavy atom. The molecule has 3 rings (SSSR count). The summed E-state index contributed by atoms with van der Waals surface area (Å²) in [6.45, 7) is -2.53. The summed E-state index contributed by atoms with van der Waals surface area (Å²) in [6, 6.07) is 2.18. The molecular formula is C21H32NO18P. The van der Waals surface area contributed by atoms with Crippen molar-refractivity contribution < 1.29 is 82.9 Å². The third-order valence-corrected chi connectivity index (χ3v) is 7.28. The Morgan fingerprint density at radius 2 is 1.37 bits per heavy atom. The molecule has 11 atom stereocenters. The van der Waals surface area contributed by atoms with Crippen molar-refractivity contribution in [1.82, 2.24) is 0 Å². The number of hydrogen-bond acceptors (Lipinski definition) is 17. The van der Waals surface area contributed by atoms with Crippen LogP contribution in [0.3, 0.4) is 0 Å². The molecule has 2 saturated heterocycles. The van der Waals surface area contributed by atoms with Crippen LogP contribution in [-0.2, 0) is 34.4 Å². The van der Waals surface area contributed by atoms with Gasteiger partial charge < -0.3 is 64.3 Å². The minimum Gasteiger partial charge on any atom is -0.493 e. The van der Waals surface area contributed by atoms with Crippen LogP contribution in [0.25, 0.3) is 0 Å². The number of benzene rings is 1. The van der Waals surface area contributed by atoms with E-state index in [0.29, 0.717) is 0 Å². The first-order chi connectivity index (χ1) is 19.2. The number of nitro benzene ring substituents is 1. The van der Waals surface area contributed by atoms with E-state index in [1.54, 1.807) is 0 Å². The number of methoxy groups -OCH3 is 2. The summed E-state index contributed by atoms with van der Waals surface area (Å²) in [6.07, 6.45) is -18.0. The lowest BCUT2D eigenvalue weighted by molar-refractivity contribution is -0.385. The van der Waals surface area contributed by atoms with Gasteiger partial charge in [-0.3, -0.25) is 19.2 Å². The van der Waals surface area contributed by atoms with Gasteiger partial charge in [-0.05, 0) is 6.07 Å². The Hall–Kier alpha value is -2.07. The van der Waals surface area contributed by atoms with Crippen LogP contribution in [0.5, 0.6) is 11.5 Å². The van der Waals surface area contributed by atoms with E-state index in [1.165, 1.54) is 14.2 Å². The van der Waals surface area contributed by atoms with Gasteiger partial charge in [-0.2, -0.15) is 0 Å². The predicted octanol–water partition coefficient (Wildman–Crippen LogP) is -3.13. The van der Waals surface area contributed by atoms with Gasteiger partial charge in [0.05, 0.1) is 50.6 Å². The molecule has 2 aliphatic rings. The van der Waals surface area contributed by atoms with Gasteiger partial charge in [0.2, 0.25) is 0 Å². The highest BCUT2D eigenvalue weighted by atomic mass is 31.2. The van der Waals surface area contributed by atoms with Crippen molar-refractivity contribution in [1.29, 1.82) is 0 Å². The van der Waals surface area contributed by atoms with Gasteiger partial charge >= 0.3 is 7.82 Å². The van der Waals surface area contributed by atoms with Crippen molar-refractivity contribution in [3.05, 3.63) is 27.8 Å². The number of rotatable bonds is 12. The summed E-state index contributed by atoms with van der Waals surface area (Å²) in [5.74, 6) is 0.0955. The minimum absolute atomic E-state index is 0.0241. The Morgan fingerprint density at radius 1 is 0.854 bits per heavy atom. The summed E-state index contributed by atoms with van der Waals surface area (Å²) >= 11 is 0. The van der Waals surface area contributed by atoms with Crippen LogP contribution in [0.2, 0.25) is 0 Å². The fourth-order valence-corrected chi connectivity index (χ4v) is 4.74. The minimum atomic E-state index is -4.99. The summed E-state index contributed by atoms with van der Waals surface area (Å²) < 4.78 is 48.0. The van der Waals surface area contributed by atoms with E-state index >= 15 is 0 Å². The number of nitrogens with zero attached hydrogens (tertiary/aromatic N) is 1. The van der Waals surface area contributed by atoms with E-state index < -0.39 is 99.7 Å². The Labute approximate surface area is 231 Å². The molecule has 1 aromatic rings. The molecule has 0 saturated carbocycles. The summed E-state index contributed by atoms with van der Waals surface area (Å²) in [5.41, 5.74) is -0.690. The maximum atomic E-state index is 12.5. The first-order valence-corrected chi connectivity index (χ1v) is 13.4. The van der Waals surface area contributed by atoms with Crippen LogP contribution < -0.4 is 9.47 Å². The lowest BCUT2D eigenvalue weighted by atomic mass is 9.98. The second-order valence-corrected chi connectivity index (χ2v) is 10.4. The fraction of sp³-hybridized carbons (Fsp3) is 0.714. The van der Waals surface area contributed by atoms with E-state index in [-0.39, 0.29) is 17.1 Å². The molecule has 0 bridgehead atoms. The average Bonchev–Trinajstić information content (AvgIpc) is 2.95. The first kappa shape index (κ1) is 33.4. The van der Waals surface area contributed by atoms with Crippen molar-refractivity contribution in [3.8, 4) is 11.5 Å². The van der Waals surface area contributed by atoms with Gasteiger partial charge in [0, 0.05) is 0 Å². The van der Waals surface area contributed by atoms with Gasteiger partial charge in [0.25, 0.3) is 5.69 Å². The maximum Gasteiger partial charge on any atom is 0.472 e. The van der Waals surface area contributed by atoms with Crippen LogP contribution in [0, 0.1) is 10.1 Å². The molecule has 2 heterocycles. The zero-order valence-electron chi connectivity index (χ0n) is 21.6. The quantitative estimate of drug-likeness (QED) is 0.0653. The predicted molar refractivity (Wildman–Crippen MR) is 128 cm³/mol. The van der Waals surface area contributed by atoms with Crippen molar-refractivity contribution in [2.75, 3.05) is 27.4 Å². The highest BCUT2D eigenvalue weighted by Gasteiger charge is 2.50. The molecule has 20 heteroatoms. The summed E-state index contributed by atoms with van der Waals surface area (Å²) in [5, 5.41) is 81.5. The normalized spacial score (nSPS) is 35.5. The molecule has 19 nitrogen and oxygen atoms in total. The van der Waals surface area contributed by atoms with Gasteiger partial charge in [-0.25, -0.2) is 4.57 Å². The van der Waals surface area contributed by atoms with E-state index in [0.717, 1.165) is 12.1 Å². The number of ether oxygens (including phenoxy) is 5. The molecular weight excluding hydrogens is 585 g/mol. The number of phosphoric ester groups is 1. The Bertz CT molecular complexity index is 1090. The molecule has 1 aromatic carbocycles. The highest BCUT2D eigenvalue weighted by Crippen LogP contribution is 2.46. The largest absolute Gasteiger partial charge is 0.493 e. The number of hydrogen-bond donors (Lipinski definition) is 8. The van der Waals surface area contributed by atoms with E-state index in [2.05, 4.69) is 0 Å². The molecule has 0 aromatic heterocycles. The SMILES string of the molecule is COc1cc(COP(=O)(O)OC[C@H]2O[C@H](O[C@H]3O[C@H](CO)[C@@H](O)[C@H](O)[C@H]3O)[C@H](O)[C@@H](O)[C@@H]2O)c([N+](=O)[O-])cc1OC. The molecule has 41 heavy (non-hydrogen) atoms. The monoisotopic (exact) mass is 617 g/mol. The average molecular weight is 617 g/mol. The standard InChI is InChI=1S/C21H32NO18P/c1-34-10-3-8(9(22(30)31)4-11(10)35-2)6-36-41(32,33)37-7-13-15(25)17(27)19(29)21(39-13)40-20-18(28)16(26)14(24)12(5-23)38-20/h3-4,12-21,23-29H,5-7H2,1-2H3,(H,32,33)/t12-,13-,14-,15-,16+,17+,18-,19-,20-,21-/m1/s1. The highest BCUT2D eigenvalue weighted by molar-refractivity contribution is 7.47. The zero-order valence-corrected chi connectivity index (χ0v) is 22.5. The molecule has 2 aliphatic heterocycles. The second-order valence-electron chi connectivity index (χ2n) is 8.98. The lowest BCUT2D eigenvalue weighted by Gasteiger charge is -2.44. The van der Waals surface area contributed by atoms with Crippen LogP contribution in [0.1, 0.15) is 5.56 Å². The fourth-order valence-electron chi connectivity index (χ4n) is 4.03. The van der Waals surface area contributed by atoms with E-state index in [1.807, 2.05) is 0 Å². The van der Waals surface area contributed by atoms with E-state index in [9.17, 15) is 55.3 Å². The number of aliphatic hydroxyl groups excluding tert-OH is 7. The number of nitro groups is 1. The van der Waals surface area contributed by atoms with Crippen molar-refractivity contribution in [2.45, 2.75) is 68.0 Å². The topological polar surface area (TPSA) is 287 Å². The van der Waals surface area contributed by atoms with Gasteiger partial charge in [0.15, 0.2) is 24.1 Å². The van der Waals surface area contributed by atoms with Gasteiger partial charge in [0.1, 0.15) is 48.8 Å². The molecule has 0 spiro atoms. The smallest absolute Gasteiger partial charge is 0.472 e. The van der Waals surface area contributed by atoms with E-state index in [4.69, 9.17) is 32.7 Å². The lowest BCUT2D eigenvalue weighted by Crippen LogP contribution is -2.63. The third kappa shape index (κ3) is 7.66. The molecule has 0 amide bonds.